The first-order valence-corrected chi connectivity index (χ1v) is 6.91. The lowest BCUT2D eigenvalue weighted by atomic mass is 9.89. The first-order valence-electron chi connectivity index (χ1n) is 6.91. The second kappa shape index (κ2) is 5.36. The molecule has 0 aromatic carbocycles. The highest BCUT2D eigenvalue weighted by Crippen LogP contribution is 2.20. The predicted molar refractivity (Wildman–Crippen MR) is 68.9 cm³/mol. The summed E-state index contributed by atoms with van der Waals surface area (Å²) in [5.74, 6) is 0.178. The van der Waals surface area contributed by atoms with Crippen LogP contribution >= 0.6 is 0 Å². The summed E-state index contributed by atoms with van der Waals surface area (Å²) in [5.41, 5.74) is -0.352. The van der Waals surface area contributed by atoms with E-state index in [1.807, 2.05) is 6.92 Å². The maximum Gasteiger partial charge on any atom is 0.240 e. The zero-order chi connectivity index (χ0) is 12.3. The average Bonchev–Trinajstić information content (AvgIpc) is 2.33. The summed E-state index contributed by atoms with van der Waals surface area (Å²) in [5, 5.41) is 10.00. The van der Waals surface area contributed by atoms with Crippen LogP contribution in [-0.2, 0) is 4.79 Å². The Morgan fingerprint density at radius 1 is 1.29 bits per heavy atom. The van der Waals surface area contributed by atoms with E-state index in [1.54, 1.807) is 0 Å². The first-order chi connectivity index (χ1) is 8.12. The van der Waals surface area contributed by atoms with Crippen LogP contribution in [0.25, 0.3) is 0 Å². The van der Waals surface area contributed by atoms with Gasteiger partial charge < -0.3 is 16.0 Å². The van der Waals surface area contributed by atoms with E-state index < -0.39 is 0 Å². The van der Waals surface area contributed by atoms with Crippen molar-refractivity contribution in [3.63, 3.8) is 0 Å². The molecule has 2 heterocycles. The van der Waals surface area contributed by atoms with Crippen molar-refractivity contribution in [1.29, 1.82) is 0 Å². The lowest BCUT2D eigenvalue weighted by Gasteiger charge is -2.37. The summed E-state index contributed by atoms with van der Waals surface area (Å²) in [6, 6.07) is 0.677. The minimum Gasteiger partial charge on any atom is -0.350 e. The van der Waals surface area contributed by atoms with Gasteiger partial charge in [-0.15, -0.1) is 0 Å². The third-order valence-corrected chi connectivity index (χ3v) is 4.20. The van der Waals surface area contributed by atoms with Gasteiger partial charge in [-0.3, -0.25) is 4.79 Å². The Labute approximate surface area is 104 Å². The van der Waals surface area contributed by atoms with Gasteiger partial charge >= 0.3 is 0 Å². The lowest BCUT2D eigenvalue weighted by Crippen LogP contribution is -2.61. The minimum atomic E-state index is -0.352. The lowest BCUT2D eigenvalue weighted by molar-refractivity contribution is -0.129. The molecule has 2 aliphatic rings. The van der Waals surface area contributed by atoms with Gasteiger partial charge in [0, 0.05) is 12.1 Å². The topological polar surface area (TPSA) is 53.2 Å². The SMILES string of the molecule is CC1NCCCC1NC(=O)C1(C)CCCCN1. The second-order valence-corrected chi connectivity index (χ2v) is 5.68. The van der Waals surface area contributed by atoms with Gasteiger partial charge in [-0.1, -0.05) is 0 Å². The third kappa shape index (κ3) is 2.99. The molecule has 0 aromatic rings. The van der Waals surface area contributed by atoms with Crippen molar-refractivity contribution in [2.24, 2.45) is 0 Å². The molecular formula is C13H25N3O. The van der Waals surface area contributed by atoms with Crippen LogP contribution in [0.3, 0.4) is 0 Å². The van der Waals surface area contributed by atoms with Gasteiger partial charge in [-0.05, 0) is 59.0 Å². The number of piperidine rings is 2. The Balaban J connectivity index is 1.90. The van der Waals surface area contributed by atoms with E-state index in [0.29, 0.717) is 6.04 Å². The minimum absolute atomic E-state index is 0.178. The highest BCUT2D eigenvalue weighted by atomic mass is 16.2. The summed E-state index contributed by atoms with van der Waals surface area (Å²) >= 11 is 0. The van der Waals surface area contributed by atoms with Crippen molar-refractivity contribution in [3.05, 3.63) is 0 Å². The van der Waals surface area contributed by atoms with Crippen LogP contribution in [-0.4, -0.2) is 36.6 Å². The molecule has 2 fully saturated rings. The quantitative estimate of drug-likeness (QED) is 0.667. The normalized spacial score (nSPS) is 38.7. The van der Waals surface area contributed by atoms with Gasteiger partial charge in [-0.25, -0.2) is 0 Å². The fraction of sp³-hybridized carbons (Fsp3) is 0.923. The number of hydrogen-bond acceptors (Lipinski definition) is 3. The monoisotopic (exact) mass is 239 g/mol. The molecule has 0 saturated carbocycles. The molecule has 0 aromatic heterocycles. The highest BCUT2D eigenvalue weighted by Gasteiger charge is 2.36. The number of rotatable bonds is 2. The summed E-state index contributed by atoms with van der Waals surface area (Å²) in [4.78, 5) is 12.3. The first kappa shape index (κ1) is 12.8. The summed E-state index contributed by atoms with van der Waals surface area (Å²) in [6.07, 6.45) is 5.53. The molecule has 3 unspecified atom stereocenters. The third-order valence-electron chi connectivity index (χ3n) is 4.20. The van der Waals surface area contributed by atoms with Crippen molar-refractivity contribution >= 4 is 5.91 Å². The molecule has 4 nitrogen and oxygen atoms in total. The predicted octanol–water partition coefficient (Wildman–Crippen LogP) is 0.775. The number of nitrogens with one attached hydrogen (secondary N) is 3. The van der Waals surface area contributed by atoms with Crippen LogP contribution in [0.5, 0.6) is 0 Å². The summed E-state index contributed by atoms with van der Waals surface area (Å²) < 4.78 is 0. The Morgan fingerprint density at radius 3 is 2.76 bits per heavy atom. The Bertz CT molecular complexity index is 274. The summed E-state index contributed by atoms with van der Waals surface area (Å²) in [7, 11) is 0. The van der Waals surface area contributed by atoms with Crippen LogP contribution in [0.4, 0.5) is 0 Å². The van der Waals surface area contributed by atoms with Crippen LogP contribution in [0.1, 0.15) is 46.0 Å². The fourth-order valence-corrected chi connectivity index (χ4v) is 2.82. The number of amides is 1. The number of carbonyl (C=O) groups is 1. The highest BCUT2D eigenvalue weighted by molar-refractivity contribution is 5.86. The van der Waals surface area contributed by atoms with E-state index in [2.05, 4.69) is 22.9 Å². The van der Waals surface area contributed by atoms with Gasteiger partial charge in [0.25, 0.3) is 0 Å². The molecule has 2 saturated heterocycles. The molecule has 3 N–H and O–H groups in total. The molecule has 98 valence electrons. The Hall–Kier alpha value is -0.610. The van der Waals surface area contributed by atoms with Crippen molar-refractivity contribution in [1.82, 2.24) is 16.0 Å². The zero-order valence-corrected chi connectivity index (χ0v) is 11.0. The summed E-state index contributed by atoms with van der Waals surface area (Å²) in [6.45, 7) is 6.22. The maximum atomic E-state index is 12.3. The molecular weight excluding hydrogens is 214 g/mol. The second-order valence-electron chi connectivity index (χ2n) is 5.68. The van der Waals surface area contributed by atoms with Crippen LogP contribution in [0.2, 0.25) is 0 Å². The number of hydrogen-bond donors (Lipinski definition) is 3. The van der Waals surface area contributed by atoms with Crippen LogP contribution < -0.4 is 16.0 Å². The van der Waals surface area contributed by atoms with Gasteiger partial charge in [0.2, 0.25) is 5.91 Å². The van der Waals surface area contributed by atoms with E-state index in [9.17, 15) is 4.79 Å². The van der Waals surface area contributed by atoms with E-state index in [4.69, 9.17) is 0 Å². The Morgan fingerprint density at radius 2 is 2.12 bits per heavy atom. The van der Waals surface area contributed by atoms with Crippen LogP contribution in [0.15, 0.2) is 0 Å². The fourth-order valence-electron chi connectivity index (χ4n) is 2.82. The molecule has 4 heteroatoms. The molecule has 0 aliphatic carbocycles. The molecule has 2 rings (SSSR count). The smallest absolute Gasteiger partial charge is 0.240 e. The van der Waals surface area contributed by atoms with E-state index in [1.165, 1.54) is 6.42 Å². The van der Waals surface area contributed by atoms with Crippen molar-refractivity contribution in [2.75, 3.05) is 13.1 Å². The molecule has 0 bridgehead atoms. The average molecular weight is 239 g/mol. The van der Waals surface area contributed by atoms with Crippen molar-refractivity contribution in [3.8, 4) is 0 Å². The largest absolute Gasteiger partial charge is 0.350 e. The zero-order valence-electron chi connectivity index (χ0n) is 11.0. The van der Waals surface area contributed by atoms with Crippen molar-refractivity contribution in [2.45, 2.75) is 63.6 Å². The van der Waals surface area contributed by atoms with Crippen LogP contribution in [0, 0.1) is 0 Å². The molecule has 2 aliphatic heterocycles. The van der Waals surface area contributed by atoms with Gasteiger partial charge in [-0.2, -0.15) is 0 Å². The van der Waals surface area contributed by atoms with Gasteiger partial charge in [0.05, 0.1) is 5.54 Å². The van der Waals surface area contributed by atoms with Gasteiger partial charge in [0.15, 0.2) is 0 Å². The number of carbonyl (C=O) groups excluding carboxylic acids is 1. The standard InChI is InChI=1S/C13H25N3O/c1-10-11(6-5-8-14-10)16-12(17)13(2)7-3-4-9-15-13/h10-11,14-15H,3-9H2,1-2H3,(H,16,17). The molecule has 3 atom stereocenters. The van der Waals surface area contributed by atoms with E-state index >= 15 is 0 Å². The van der Waals surface area contributed by atoms with Gasteiger partial charge in [0.1, 0.15) is 0 Å². The van der Waals surface area contributed by atoms with E-state index in [-0.39, 0.29) is 17.5 Å². The van der Waals surface area contributed by atoms with Crippen molar-refractivity contribution < 1.29 is 4.79 Å². The molecule has 0 radical (unpaired) electrons. The van der Waals surface area contributed by atoms with E-state index in [0.717, 1.165) is 38.8 Å². The molecule has 0 spiro atoms. The molecule has 1 amide bonds. The maximum absolute atomic E-state index is 12.3. The molecule has 17 heavy (non-hydrogen) atoms. The Kier molecular flexibility index (Phi) is 4.05.